The number of hydrogen-bond acceptors (Lipinski definition) is 6. The number of hydrogen-bond donors (Lipinski definition) is 1. The van der Waals surface area contributed by atoms with Gasteiger partial charge < -0.3 is 14.8 Å². The van der Waals surface area contributed by atoms with E-state index in [1.807, 2.05) is 62.5 Å². The summed E-state index contributed by atoms with van der Waals surface area (Å²) >= 11 is 0. The molecule has 0 radical (unpaired) electrons. The van der Waals surface area contributed by atoms with E-state index in [0.717, 1.165) is 46.4 Å². The molecule has 158 valence electrons. The first-order valence-corrected chi connectivity index (χ1v) is 10.6. The second kappa shape index (κ2) is 8.20. The molecule has 0 saturated heterocycles. The molecule has 1 N–H and O–H groups in total. The van der Waals surface area contributed by atoms with Crippen molar-refractivity contribution in [2.24, 2.45) is 0 Å². The average Bonchev–Trinajstić information content (AvgIpc) is 3.64. The number of fused-ring (bicyclic) bond motifs is 1. The highest BCUT2D eigenvalue weighted by Crippen LogP contribution is 2.36. The topological polar surface area (TPSA) is 80.1 Å². The lowest BCUT2D eigenvalue weighted by molar-refractivity contribution is 0.299. The van der Waals surface area contributed by atoms with Crippen molar-refractivity contribution in [3.63, 3.8) is 0 Å². The lowest BCUT2D eigenvalue weighted by Crippen LogP contribution is -2.01. The Balaban J connectivity index is 1.36. The van der Waals surface area contributed by atoms with Gasteiger partial charge in [-0.25, -0.2) is 4.98 Å². The minimum atomic E-state index is 0.242. The number of anilines is 1. The third kappa shape index (κ3) is 4.06. The van der Waals surface area contributed by atoms with E-state index >= 15 is 0 Å². The number of benzene rings is 3. The lowest BCUT2D eigenvalue weighted by atomic mass is 10.0. The summed E-state index contributed by atoms with van der Waals surface area (Å²) in [6.07, 6.45) is 4.07. The van der Waals surface area contributed by atoms with Gasteiger partial charge in [0.05, 0.1) is 28.9 Å². The summed E-state index contributed by atoms with van der Waals surface area (Å²) in [4.78, 5) is 8.99. The second-order valence-electron chi connectivity index (χ2n) is 7.88. The van der Waals surface area contributed by atoms with Gasteiger partial charge in [-0.05, 0) is 66.8 Å². The number of nitriles is 1. The van der Waals surface area contributed by atoms with Gasteiger partial charge in [-0.1, -0.05) is 18.2 Å². The molecule has 3 aromatic carbocycles. The van der Waals surface area contributed by atoms with Crippen LogP contribution in [0.1, 0.15) is 24.0 Å². The van der Waals surface area contributed by atoms with E-state index in [1.165, 1.54) is 0 Å². The highest BCUT2D eigenvalue weighted by Gasteiger charge is 2.25. The third-order valence-corrected chi connectivity index (χ3v) is 5.40. The second-order valence-corrected chi connectivity index (χ2v) is 7.88. The molecule has 5 rings (SSSR count). The number of nitrogens with one attached hydrogen (secondary N) is 1. The summed E-state index contributed by atoms with van der Waals surface area (Å²) in [6.45, 7) is 1.94. The van der Waals surface area contributed by atoms with Crippen LogP contribution in [0.2, 0.25) is 0 Å². The quantitative estimate of drug-likeness (QED) is 0.420. The molecule has 4 aromatic rings. The molecule has 0 unspecified atom stereocenters. The Morgan fingerprint density at radius 3 is 2.47 bits per heavy atom. The van der Waals surface area contributed by atoms with Gasteiger partial charge in [-0.15, -0.1) is 0 Å². The monoisotopic (exact) mass is 422 g/mol. The van der Waals surface area contributed by atoms with E-state index < -0.39 is 0 Å². The number of aryl methyl sites for hydroxylation is 1. The van der Waals surface area contributed by atoms with Crippen molar-refractivity contribution in [1.29, 1.82) is 5.26 Å². The molecule has 6 heteroatoms. The molecule has 1 aromatic heterocycles. The number of nitrogens with zero attached hydrogens (tertiary/aromatic N) is 3. The van der Waals surface area contributed by atoms with E-state index in [1.54, 1.807) is 12.3 Å². The van der Waals surface area contributed by atoms with Gasteiger partial charge in [-0.3, -0.25) is 4.98 Å². The molecule has 0 spiro atoms. The first-order chi connectivity index (χ1) is 15.6. The molecular formula is C26H22N4O2. The first-order valence-electron chi connectivity index (χ1n) is 10.6. The van der Waals surface area contributed by atoms with Crippen LogP contribution in [0.3, 0.4) is 0 Å². The number of aromatic nitrogens is 2. The minimum absolute atomic E-state index is 0.242. The highest BCUT2D eigenvalue weighted by atomic mass is 16.5. The molecule has 6 nitrogen and oxygen atoms in total. The van der Waals surface area contributed by atoms with Crippen molar-refractivity contribution in [1.82, 2.24) is 9.97 Å². The zero-order chi connectivity index (χ0) is 22.1. The van der Waals surface area contributed by atoms with Gasteiger partial charge in [-0.2, -0.15) is 5.26 Å². The van der Waals surface area contributed by atoms with Crippen LogP contribution in [0.25, 0.3) is 22.2 Å². The number of rotatable bonds is 6. The van der Waals surface area contributed by atoms with Gasteiger partial charge in [0, 0.05) is 13.1 Å². The van der Waals surface area contributed by atoms with Gasteiger partial charge in [0.25, 0.3) is 0 Å². The van der Waals surface area contributed by atoms with Crippen LogP contribution in [0.15, 0.2) is 60.8 Å². The Morgan fingerprint density at radius 2 is 1.75 bits per heavy atom. The molecule has 1 aliphatic carbocycles. The predicted molar refractivity (Wildman–Crippen MR) is 124 cm³/mol. The molecule has 1 fully saturated rings. The van der Waals surface area contributed by atoms with Crippen LogP contribution in [0.5, 0.6) is 17.2 Å². The molecule has 0 atom stereocenters. The van der Waals surface area contributed by atoms with E-state index in [-0.39, 0.29) is 6.10 Å². The van der Waals surface area contributed by atoms with E-state index in [4.69, 9.17) is 9.47 Å². The van der Waals surface area contributed by atoms with E-state index in [2.05, 4.69) is 21.4 Å². The fourth-order valence-corrected chi connectivity index (χ4v) is 3.55. The van der Waals surface area contributed by atoms with Gasteiger partial charge in [0.15, 0.2) is 0 Å². The first kappa shape index (κ1) is 19.8. The van der Waals surface area contributed by atoms with Crippen LogP contribution < -0.4 is 14.8 Å². The van der Waals surface area contributed by atoms with Crippen LogP contribution >= 0.6 is 0 Å². The van der Waals surface area contributed by atoms with E-state index in [9.17, 15) is 5.26 Å². The maximum Gasteiger partial charge on any atom is 0.144 e. The van der Waals surface area contributed by atoms with Crippen LogP contribution in [0.4, 0.5) is 5.82 Å². The summed E-state index contributed by atoms with van der Waals surface area (Å²) in [6, 6.07) is 19.8. The highest BCUT2D eigenvalue weighted by molar-refractivity contribution is 5.82. The molecule has 1 aliphatic rings. The Hall–Kier alpha value is -4.11. The lowest BCUT2D eigenvalue weighted by Gasteiger charge is -2.13. The van der Waals surface area contributed by atoms with Crippen LogP contribution in [0, 0.1) is 18.3 Å². The Morgan fingerprint density at radius 1 is 0.969 bits per heavy atom. The van der Waals surface area contributed by atoms with Crippen molar-refractivity contribution in [3.8, 4) is 34.4 Å². The van der Waals surface area contributed by atoms with Crippen molar-refractivity contribution in [2.45, 2.75) is 25.9 Å². The molecular weight excluding hydrogens is 400 g/mol. The fourth-order valence-electron chi connectivity index (χ4n) is 3.55. The van der Waals surface area contributed by atoms with Gasteiger partial charge in [0.1, 0.15) is 29.1 Å². The van der Waals surface area contributed by atoms with Gasteiger partial charge >= 0.3 is 0 Å². The molecule has 1 saturated carbocycles. The zero-order valence-corrected chi connectivity index (χ0v) is 17.9. The van der Waals surface area contributed by atoms with Crippen molar-refractivity contribution in [2.75, 3.05) is 12.4 Å². The molecule has 0 bridgehead atoms. The maximum absolute atomic E-state index is 9.54. The summed E-state index contributed by atoms with van der Waals surface area (Å²) in [5.41, 5.74) is 5.21. The molecule has 0 amide bonds. The summed E-state index contributed by atoms with van der Waals surface area (Å²) in [5.74, 6) is 2.73. The molecule has 32 heavy (non-hydrogen) atoms. The van der Waals surface area contributed by atoms with Crippen LogP contribution in [-0.4, -0.2) is 23.1 Å². The molecule has 0 aliphatic heterocycles. The number of ether oxygens (including phenoxy) is 2. The normalized spacial score (nSPS) is 12.9. The summed E-state index contributed by atoms with van der Waals surface area (Å²) in [5, 5.41) is 12.5. The largest absolute Gasteiger partial charge is 0.489 e. The third-order valence-electron chi connectivity index (χ3n) is 5.40. The van der Waals surface area contributed by atoms with E-state index in [0.29, 0.717) is 22.8 Å². The Kier molecular flexibility index (Phi) is 5.08. The SMILES string of the molecule is CNc1cnc2cc(-c3ccc(Oc4cc(C)c(OC5CC5)c(C#N)c4)cc3)ccc2n1. The fraction of sp³-hybridized carbons (Fsp3) is 0.192. The average molecular weight is 422 g/mol. The standard InChI is InChI=1S/C26H22N4O2/c1-16-11-22(12-19(14-27)26(16)32-21-8-9-21)31-20-6-3-17(4-7-20)18-5-10-23-24(13-18)29-15-25(28-2)30-23/h3-7,10-13,15,21H,8-9H2,1-2H3,(H,28,30). The molecule has 1 heterocycles. The smallest absolute Gasteiger partial charge is 0.144 e. The van der Waals surface area contributed by atoms with Crippen molar-refractivity contribution >= 4 is 16.9 Å². The Labute approximate surface area is 186 Å². The zero-order valence-electron chi connectivity index (χ0n) is 17.9. The maximum atomic E-state index is 9.54. The summed E-state index contributed by atoms with van der Waals surface area (Å²) < 4.78 is 11.9. The van der Waals surface area contributed by atoms with Gasteiger partial charge in [0.2, 0.25) is 0 Å². The Bertz CT molecular complexity index is 1340. The summed E-state index contributed by atoms with van der Waals surface area (Å²) in [7, 11) is 1.83. The van der Waals surface area contributed by atoms with Crippen LogP contribution in [-0.2, 0) is 0 Å². The van der Waals surface area contributed by atoms with Crippen molar-refractivity contribution < 1.29 is 9.47 Å². The predicted octanol–water partition coefficient (Wildman–Crippen LogP) is 5.85. The van der Waals surface area contributed by atoms with Crippen molar-refractivity contribution in [3.05, 3.63) is 71.9 Å². The minimum Gasteiger partial charge on any atom is -0.489 e.